The Morgan fingerprint density at radius 2 is 1.65 bits per heavy atom. The van der Waals surface area contributed by atoms with Gasteiger partial charge in [0.2, 0.25) is 11.8 Å². The van der Waals surface area contributed by atoms with Crippen LogP contribution in [0.3, 0.4) is 0 Å². The normalized spacial score (nSPS) is 11.4. The molecule has 9 nitrogen and oxygen atoms in total. The molecule has 0 unspecified atom stereocenters. The summed E-state index contributed by atoms with van der Waals surface area (Å²) in [4.78, 5) is 46.0. The molecule has 0 radical (unpaired) electrons. The Morgan fingerprint density at radius 3 is 2.19 bits per heavy atom. The summed E-state index contributed by atoms with van der Waals surface area (Å²) in [6.07, 6.45) is 0. The molecule has 0 fully saturated rings. The van der Waals surface area contributed by atoms with Gasteiger partial charge in [-0.15, -0.1) is 0 Å². The Balaban J connectivity index is 2.54. The van der Waals surface area contributed by atoms with E-state index in [1.165, 1.54) is 0 Å². The monoisotopic (exact) mass is 384 g/mol. The number of hydrogen-bond acceptors (Lipinski definition) is 4. The minimum Gasteiger partial charge on any atom is -0.480 e. The fraction of sp³-hybridized carbons (Fsp3) is 0.375. The third-order valence-electron chi connectivity index (χ3n) is 3.20. The van der Waals surface area contributed by atoms with Crippen LogP contribution in [0.4, 0.5) is 10.5 Å². The molecule has 5 N–H and O–H groups in total. The van der Waals surface area contributed by atoms with Gasteiger partial charge in [0.25, 0.3) is 0 Å². The van der Waals surface area contributed by atoms with E-state index in [0.29, 0.717) is 10.7 Å². The number of carbonyl (C=O) groups is 4. The zero-order chi connectivity index (χ0) is 19.7. The number of amides is 4. The van der Waals surface area contributed by atoms with Gasteiger partial charge in [0, 0.05) is 10.7 Å². The standard InChI is InChI=1S/C16H21ClN4O5/c1-9(2)14(15(25)19-7-12(22)18-8-13(23)24)21-16(26)20-11-5-3-10(17)4-6-11/h3-6,9,14H,7-8H2,1-2H3,(H,18,22)(H,19,25)(H,23,24)(H2,20,21,26)/t14-/m0/s1. The van der Waals surface area contributed by atoms with E-state index < -0.39 is 42.9 Å². The molecule has 26 heavy (non-hydrogen) atoms. The van der Waals surface area contributed by atoms with Crippen molar-refractivity contribution in [3.63, 3.8) is 0 Å². The fourth-order valence-corrected chi connectivity index (χ4v) is 2.02. The number of halogens is 1. The second-order valence-corrected chi connectivity index (χ2v) is 6.15. The molecule has 0 aromatic heterocycles. The predicted molar refractivity (Wildman–Crippen MR) is 95.9 cm³/mol. The molecule has 1 aromatic rings. The quantitative estimate of drug-likeness (QED) is 0.451. The minimum atomic E-state index is -1.19. The van der Waals surface area contributed by atoms with Crippen molar-refractivity contribution in [2.45, 2.75) is 19.9 Å². The first-order valence-electron chi connectivity index (χ1n) is 7.78. The van der Waals surface area contributed by atoms with Crippen LogP contribution in [0.25, 0.3) is 0 Å². The Bertz CT molecular complexity index is 663. The Hall–Kier alpha value is -2.81. The van der Waals surface area contributed by atoms with Gasteiger partial charge in [0.1, 0.15) is 12.6 Å². The molecule has 0 saturated heterocycles. The van der Waals surface area contributed by atoms with E-state index in [-0.39, 0.29) is 5.92 Å². The number of hydrogen-bond donors (Lipinski definition) is 5. The second-order valence-electron chi connectivity index (χ2n) is 5.72. The summed E-state index contributed by atoms with van der Waals surface area (Å²) in [5.41, 5.74) is 0.503. The highest BCUT2D eigenvalue weighted by Crippen LogP contribution is 2.13. The number of anilines is 1. The molecule has 4 amide bonds. The van der Waals surface area contributed by atoms with Crippen molar-refractivity contribution in [2.24, 2.45) is 5.92 Å². The maximum atomic E-state index is 12.2. The Labute approximate surface area is 155 Å². The lowest BCUT2D eigenvalue weighted by molar-refractivity contribution is -0.137. The van der Waals surface area contributed by atoms with Gasteiger partial charge in [-0.3, -0.25) is 14.4 Å². The van der Waals surface area contributed by atoms with Crippen molar-refractivity contribution in [3.8, 4) is 0 Å². The number of aliphatic carboxylic acids is 1. The molecule has 0 heterocycles. The zero-order valence-electron chi connectivity index (χ0n) is 14.3. The zero-order valence-corrected chi connectivity index (χ0v) is 15.1. The van der Waals surface area contributed by atoms with Gasteiger partial charge in [-0.1, -0.05) is 25.4 Å². The van der Waals surface area contributed by atoms with Gasteiger partial charge in [-0.25, -0.2) is 4.79 Å². The molecule has 0 spiro atoms. The predicted octanol–water partition coefficient (Wildman–Crippen LogP) is 0.803. The molecule has 142 valence electrons. The van der Waals surface area contributed by atoms with Crippen molar-refractivity contribution in [1.82, 2.24) is 16.0 Å². The number of carboxylic acids is 1. The van der Waals surface area contributed by atoms with Crippen LogP contribution in [0, 0.1) is 5.92 Å². The van der Waals surface area contributed by atoms with E-state index in [0.717, 1.165) is 0 Å². The molecular weight excluding hydrogens is 364 g/mol. The summed E-state index contributed by atoms with van der Waals surface area (Å²) in [6, 6.07) is 4.98. The van der Waals surface area contributed by atoms with E-state index in [1.807, 2.05) is 0 Å². The highest BCUT2D eigenvalue weighted by molar-refractivity contribution is 6.30. The number of urea groups is 1. The van der Waals surface area contributed by atoms with Gasteiger partial charge in [0.15, 0.2) is 0 Å². The lowest BCUT2D eigenvalue weighted by Gasteiger charge is -2.21. The maximum absolute atomic E-state index is 12.2. The van der Waals surface area contributed by atoms with Gasteiger partial charge < -0.3 is 26.4 Å². The number of carboxylic acid groups (broad SMARTS) is 1. The first-order valence-corrected chi connectivity index (χ1v) is 8.16. The topological polar surface area (TPSA) is 137 Å². The van der Waals surface area contributed by atoms with Gasteiger partial charge in [-0.05, 0) is 30.2 Å². The third kappa shape index (κ3) is 7.84. The van der Waals surface area contributed by atoms with E-state index >= 15 is 0 Å². The average Bonchev–Trinajstić information content (AvgIpc) is 2.57. The number of nitrogens with one attached hydrogen (secondary N) is 4. The fourth-order valence-electron chi connectivity index (χ4n) is 1.89. The lowest BCUT2D eigenvalue weighted by atomic mass is 10.0. The van der Waals surface area contributed by atoms with Crippen LogP contribution in [0.5, 0.6) is 0 Å². The summed E-state index contributed by atoms with van der Waals surface area (Å²) in [5, 5.41) is 18.6. The highest BCUT2D eigenvalue weighted by Gasteiger charge is 2.24. The molecule has 0 aliphatic carbocycles. The van der Waals surface area contributed by atoms with Crippen LogP contribution in [0.2, 0.25) is 5.02 Å². The molecule has 0 aliphatic heterocycles. The molecule has 10 heteroatoms. The summed E-state index contributed by atoms with van der Waals surface area (Å²) in [7, 11) is 0. The number of benzene rings is 1. The Kier molecular flexibility index (Phi) is 8.36. The van der Waals surface area contributed by atoms with Crippen LogP contribution < -0.4 is 21.3 Å². The molecule has 0 saturated carbocycles. The van der Waals surface area contributed by atoms with Crippen molar-refractivity contribution in [1.29, 1.82) is 0 Å². The van der Waals surface area contributed by atoms with Crippen LogP contribution in [0.1, 0.15) is 13.8 Å². The molecule has 0 aliphatic rings. The van der Waals surface area contributed by atoms with Crippen LogP contribution in [0.15, 0.2) is 24.3 Å². The molecule has 1 rings (SSSR count). The van der Waals surface area contributed by atoms with Crippen LogP contribution in [-0.2, 0) is 14.4 Å². The molecule has 1 atom stereocenters. The SMILES string of the molecule is CC(C)[C@H](NC(=O)Nc1ccc(Cl)cc1)C(=O)NCC(=O)NCC(=O)O. The third-order valence-corrected chi connectivity index (χ3v) is 3.45. The van der Waals surface area contributed by atoms with Gasteiger partial charge in [0.05, 0.1) is 6.54 Å². The molecular formula is C16H21ClN4O5. The minimum absolute atomic E-state index is 0.243. The highest BCUT2D eigenvalue weighted by atomic mass is 35.5. The lowest BCUT2D eigenvalue weighted by Crippen LogP contribution is -2.52. The maximum Gasteiger partial charge on any atom is 0.322 e. The van der Waals surface area contributed by atoms with Crippen molar-refractivity contribution >= 4 is 41.1 Å². The van der Waals surface area contributed by atoms with Gasteiger partial charge in [-0.2, -0.15) is 0 Å². The van der Waals surface area contributed by atoms with Crippen LogP contribution >= 0.6 is 11.6 Å². The van der Waals surface area contributed by atoms with E-state index in [1.54, 1.807) is 38.1 Å². The van der Waals surface area contributed by atoms with Gasteiger partial charge >= 0.3 is 12.0 Å². The first-order chi connectivity index (χ1) is 12.2. The second kappa shape index (κ2) is 10.2. The van der Waals surface area contributed by atoms with E-state index in [4.69, 9.17) is 16.7 Å². The van der Waals surface area contributed by atoms with Crippen LogP contribution in [-0.4, -0.2) is 48.1 Å². The summed E-state index contributed by atoms with van der Waals surface area (Å²) >= 11 is 5.77. The number of rotatable bonds is 8. The smallest absolute Gasteiger partial charge is 0.322 e. The largest absolute Gasteiger partial charge is 0.480 e. The molecule has 0 bridgehead atoms. The summed E-state index contributed by atoms with van der Waals surface area (Å²) in [5.74, 6) is -2.64. The number of carbonyl (C=O) groups excluding carboxylic acids is 3. The van der Waals surface area contributed by atoms with Crippen molar-refractivity contribution < 1.29 is 24.3 Å². The average molecular weight is 385 g/mol. The van der Waals surface area contributed by atoms with E-state index in [2.05, 4.69) is 21.3 Å². The van der Waals surface area contributed by atoms with Crippen molar-refractivity contribution in [2.75, 3.05) is 18.4 Å². The summed E-state index contributed by atoms with van der Waals surface area (Å²) in [6.45, 7) is 2.54. The summed E-state index contributed by atoms with van der Waals surface area (Å²) < 4.78 is 0. The Morgan fingerprint density at radius 1 is 1.04 bits per heavy atom. The first kappa shape index (κ1) is 21.2. The van der Waals surface area contributed by atoms with Crippen molar-refractivity contribution in [3.05, 3.63) is 29.3 Å². The van der Waals surface area contributed by atoms with E-state index in [9.17, 15) is 19.2 Å². The molecule has 1 aromatic carbocycles.